The molecule has 1 aromatic carbocycles. The molecule has 20 heavy (non-hydrogen) atoms. The zero-order valence-corrected chi connectivity index (χ0v) is 11.6. The molecule has 2 N–H and O–H groups in total. The van der Waals surface area contributed by atoms with Gasteiger partial charge in [0, 0.05) is 12.2 Å². The molecule has 2 rings (SSSR count). The fraction of sp³-hybridized carbons (Fsp3) is 0.462. The Kier molecular flexibility index (Phi) is 4.62. The van der Waals surface area contributed by atoms with Crippen LogP contribution in [0.15, 0.2) is 18.2 Å². The highest BCUT2D eigenvalue weighted by Gasteiger charge is 2.10. The molecule has 0 aliphatic rings. The first-order valence-electron chi connectivity index (χ1n) is 6.47. The zero-order valence-electron chi connectivity index (χ0n) is 11.6. The molecule has 0 radical (unpaired) electrons. The molecule has 0 saturated carbocycles. The molecule has 7 heteroatoms. The normalized spacial score (nSPS) is 11.2. The van der Waals surface area contributed by atoms with Crippen molar-refractivity contribution in [3.8, 4) is 11.4 Å². The van der Waals surface area contributed by atoms with Gasteiger partial charge >= 0.3 is 0 Å². The number of benzene rings is 1. The van der Waals surface area contributed by atoms with Gasteiger partial charge in [-0.2, -0.15) is 0 Å². The monoisotopic (exact) mass is 279 g/mol. The van der Waals surface area contributed by atoms with Gasteiger partial charge in [-0.3, -0.25) is 0 Å². The van der Waals surface area contributed by atoms with Crippen LogP contribution in [0.25, 0.3) is 11.4 Å². The van der Waals surface area contributed by atoms with E-state index >= 15 is 0 Å². The number of halogens is 1. The lowest BCUT2D eigenvalue weighted by atomic mass is 10.2. The predicted octanol–water partition coefficient (Wildman–Crippen LogP) is 1.73. The fourth-order valence-electron chi connectivity index (χ4n) is 1.71. The molecule has 0 amide bonds. The number of ether oxygens (including phenoxy) is 1. The first-order valence-corrected chi connectivity index (χ1v) is 6.47. The van der Waals surface area contributed by atoms with Crippen LogP contribution in [-0.2, 0) is 11.3 Å². The Balaban J connectivity index is 2.06. The maximum absolute atomic E-state index is 13.2. The molecule has 0 saturated heterocycles. The van der Waals surface area contributed by atoms with Crippen LogP contribution in [0.2, 0.25) is 0 Å². The molecule has 0 fully saturated rings. The van der Waals surface area contributed by atoms with Gasteiger partial charge in [-0.05, 0) is 34.5 Å². The summed E-state index contributed by atoms with van der Waals surface area (Å²) in [4.78, 5) is 0. The lowest BCUT2D eigenvalue weighted by molar-refractivity contribution is 0.101. The summed E-state index contributed by atoms with van der Waals surface area (Å²) in [6.07, 6.45) is 0. The molecule has 0 spiro atoms. The maximum Gasteiger partial charge on any atom is 0.182 e. The number of anilines is 1. The van der Waals surface area contributed by atoms with Crippen molar-refractivity contribution >= 4 is 5.69 Å². The van der Waals surface area contributed by atoms with Gasteiger partial charge in [0.15, 0.2) is 5.82 Å². The molecule has 6 nitrogen and oxygen atoms in total. The highest BCUT2D eigenvalue weighted by Crippen LogP contribution is 2.20. The largest absolute Gasteiger partial charge is 0.396 e. The summed E-state index contributed by atoms with van der Waals surface area (Å²) >= 11 is 0. The van der Waals surface area contributed by atoms with Crippen molar-refractivity contribution in [3.63, 3.8) is 0 Å². The van der Waals surface area contributed by atoms with Crippen LogP contribution in [0.1, 0.15) is 13.8 Å². The zero-order chi connectivity index (χ0) is 14.5. The van der Waals surface area contributed by atoms with Gasteiger partial charge in [0.2, 0.25) is 0 Å². The Labute approximate surface area is 116 Å². The Morgan fingerprint density at radius 1 is 1.40 bits per heavy atom. The molecule has 0 aliphatic carbocycles. The van der Waals surface area contributed by atoms with Crippen molar-refractivity contribution in [1.29, 1.82) is 0 Å². The third-order valence-electron chi connectivity index (χ3n) is 2.68. The average Bonchev–Trinajstić information content (AvgIpc) is 2.86. The van der Waals surface area contributed by atoms with E-state index in [0.29, 0.717) is 37.1 Å². The van der Waals surface area contributed by atoms with Gasteiger partial charge < -0.3 is 10.5 Å². The molecule has 1 aromatic heterocycles. The van der Waals surface area contributed by atoms with Gasteiger partial charge in [0.1, 0.15) is 5.82 Å². The Morgan fingerprint density at radius 3 is 2.90 bits per heavy atom. The van der Waals surface area contributed by atoms with Gasteiger partial charge in [-0.25, -0.2) is 9.07 Å². The lowest BCUT2D eigenvalue weighted by Gasteiger charge is -2.08. The molecule has 2 aromatic rings. The Hall–Kier alpha value is -2.02. The van der Waals surface area contributed by atoms with Crippen molar-refractivity contribution in [2.45, 2.75) is 20.4 Å². The van der Waals surface area contributed by atoms with Crippen LogP contribution in [0, 0.1) is 11.7 Å². The van der Waals surface area contributed by atoms with Crippen molar-refractivity contribution in [1.82, 2.24) is 20.2 Å². The van der Waals surface area contributed by atoms with Crippen molar-refractivity contribution in [2.24, 2.45) is 5.92 Å². The summed E-state index contributed by atoms with van der Waals surface area (Å²) in [6, 6.07) is 4.42. The number of rotatable bonds is 6. The van der Waals surface area contributed by atoms with E-state index in [-0.39, 0.29) is 5.69 Å². The molecular weight excluding hydrogens is 261 g/mol. The quantitative estimate of drug-likeness (QED) is 0.643. The number of nitrogen functional groups attached to an aromatic ring is 1. The van der Waals surface area contributed by atoms with Crippen LogP contribution in [0.5, 0.6) is 0 Å². The summed E-state index contributed by atoms with van der Waals surface area (Å²) in [5.41, 5.74) is 6.31. The first kappa shape index (κ1) is 14.4. The minimum Gasteiger partial charge on any atom is -0.396 e. The minimum absolute atomic E-state index is 0.0770. The van der Waals surface area contributed by atoms with E-state index in [1.165, 1.54) is 12.1 Å². The van der Waals surface area contributed by atoms with Crippen LogP contribution < -0.4 is 5.73 Å². The topological polar surface area (TPSA) is 78.8 Å². The molecule has 0 aliphatic heterocycles. The van der Waals surface area contributed by atoms with Crippen molar-refractivity contribution in [3.05, 3.63) is 24.0 Å². The van der Waals surface area contributed by atoms with Gasteiger partial charge in [-0.15, -0.1) is 5.10 Å². The molecule has 0 bridgehead atoms. The predicted molar refractivity (Wildman–Crippen MR) is 73.3 cm³/mol. The van der Waals surface area contributed by atoms with Gasteiger partial charge in [0.05, 0.1) is 18.8 Å². The van der Waals surface area contributed by atoms with E-state index in [4.69, 9.17) is 10.5 Å². The Bertz CT molecular complexity index is 570. The molecule has 0 atom stereocenters. The van der Waals surface area contributed by atoms with E-state index < -0.39 is 5.82 Å². The third-order valence-corrected chi connectivity index (χ3v) is 2.68. The Morgan fingerprint density at radius 2 is 2.20 bits per heavy atom. The van der Waals surface area contributed by atoms with E-state index in [1.54, 1.807) is 10.7 Å². The van der Waals surface area contributed by atoms with E-state index in [9.17, 15) is 4.39 Å². The number of tetrazole rings is 1. The number of hydrogen-bond donors (Lipinski definition) is 1. The third kappa shape index (κ3) is 3.51. The summed E-state index contributed by atoms with van der Waals surface area (Å²) in [7, 11) is 0. The SMILES string of the molecule is CC(C)COCCn1nnnc1-c1ccc(F)c(N)c1. The summed E-state index contributed by atoms with van der Waals surface area (Å²) in [6.45, 7) is 5.92. The first-order chi connectivity index (χ1) is 9.58. The van der Waals surface area contributed by atoms with Crippen LogP contribution in [0.4, 0.5) is 10.1 Å². The number of nitrogens with zero attached hydrogens (tertiary/aromatic N) is 4. The molecule has 108 valence electrons. The smallest absolute Gasteiger partial charge is 0.182 e. The number of nitrogens with two attached hydrogens (primary N) is 1. The van der Waals surface area contributed by atoms with Gasteiger partial charge in [-0.1, -0.05) is 13.8 Å². The highest BCUT2D eigenvalue weighted by molar-refractivity contribution is 5.61. The average molecular weight is 279 g/mol. The lowest BCUT2D eigenvalue weighted by Crippen LogP contribution is -2.11. The highest BCUT2D eigenvalue weighted by atomic mass is 19.1. The second-order valence-electron chi connectivity index (χ2n) is 4.93. The second kappa shape index (κ2) is 6.42. The second-order valence-corrected chi connectivity index (χ2v) is 4.93. The van der Waals surface area contributed by atoms with Crippen LogP contribution >= 0.6 is 0 Å². The maximum atomic E-state index is 13.2. The molecule has 1 heterocycles. The van der Waals surface area contributed by atoms with Crippen LogP contribution in [-0.4, -0.2) is 33.4 Å². The summed E-state index contributed by atoms with van der Waals surface area (Å²) in [5.74, 6) is 0.582. The fourth-order valence-corrected chi connectivity index (χ4v) is 1.71. The van der Waals surface area contributed by atoms with E-state index in [1.807, 2.05) is 0 Å². The number of hydrogen-bond acceptors (Lipinski definition) is 5. The van der Waals surface area contributed by atoms with E-state index in [2.05, 4.69) is 29.4 Å². The van der Waals surface area contributed by atoms with E-state index in [0.717, 1.165) is 0 Å². The molecular formula is C13H18FN5O. The van der Waals surface area contributed by atoms with Crippen molar-refractivity contribution < 1.29 is 9.13 Å². The minimum atomic E-state index is -0.451. The van der Waals surface area contributed by atoms with Crippen LogP contribution in [0.3, 0.4) is 0 Å². The summed E-state index contributed by atoms with van der Waals surface area (Å²) in [5, 5.41) is 11.5. The van der Waals surface area contributed by atoms with Gasteiger partial charge in [0.25, 0.3) is 0 Å². The number of aromatic nitrogens is 4. The molecule has 0 unspecified atom stereocenters. The standard InChI is InChI=1S/C13H18FN5O/c1-9(2)8-20-6-5-19-13(16-17-18-19)10-3-4-11(14)12(15)7-10/h3-4,7,9H,5-6,8,15H2,1-2H3. The summed E-state index contributed by atoms with van der Waals surface area (Å²) < 4.78 is 20.3. The van der Waals surface area contributed by atoms with Crippen molar-refractivity contribution in [2.75, 3.05) is 18.9 Å².